The van der Waals surface area contributed by atoms with Crippen LogP contribution in [-0.2, 0) is 4.74 Å². The Labute approximate surface area is 172 Å². The molecule has 3 atom stereocenters. The minimum atomic E-state index is -1.03. The Morgan fingerprint density at radius 3 is 2.86 bits per heavy atom. The first-order valence-corrected chi connectivity index (χ1v) is 10.5. The predicted octanol–water partition coefficient (Wildman–Crippen LogP) is 4.77. The van der Waals surface area contributed by atoms with Crippen molar-refractivity contribution in [1.82, 2.24) is 4.98 Å². The number of carboxylic acids is 1. The number of aryl methyl sites for hydroxylation is 1. The van der Waals surface area contributed by atoms with Gasteiger partial charge in [-0.1, -0.05) is 6.92 Å². The third-order valence-electron chi connectivity index (χ3n) is 5.09. The Kier molecular flexibility index (Phi) is 6.81. The maximum atomic E-state index is 11.0. The summed E-state index contributed by atoms with van der Waals surface area (Å²) in [5, 5.41) is 22.2. The van der Waals surface area contributed by atoms with E-state index in [0.29, 0.717) is 28.8 Å². The molecule has 3 rings (SSSR count). The number of hydrogen-bond acceptors (Lipinski definition) is 7. The number of ether oxygens (including phenoxy) is 2. The number of thiazole rings is 1. The topological polar surface area (TPSA) is 112 Å². The first-order valence-electron chi connectivity index (χ1n) is 9.59. The number of aromatic nitrogens is 1. The van der Waals surface area contributed by atoms with Gasteiger partial charge in [-0.05, 0) is 50.7 Å². The molecular formula is C20H24N2O6S. The highest BCUT2D eigenvalue weighted by molar-refractivity contribution is 7.09. The summed E-state index contributed by atoms with van der Waals surface area (Å²) in [4.78, 5) is 25.7. The zero-order chi connectivity index (χ0) is 21.0. The number of carboxylic acid groups (broad SMARTS) is 1. The highest BCUT2D eigenvalue weighted by atomic mass is 32.1. The molecule has 0 spiro atoms. The zero-order valence-electron chi connectivity index (χ0n) is 16.4. The Bertz CT molecular complexity index is 884. The normalized spacial score (nSPS) is 19.8. The van der Waals surface area contributed by atoms with Crippen LogP contribution in [0.2, 0.25) is 0 Å². The van der Waals surface area contributed by atoms with E-state index in [1.54, 1.807) is 24.4 Å². The third kappa shape index (κ3) is 5.30. The SMILES string of the molecule is CC[C@@H](O[C@H]1CC[C@H](COc2ccc([N+](=O)[O-])c(C)c2)C1)c1nc(C(=O)O)cs1. The van der Waals surface area contributed by atoms with Crippen LogP contribution in [0.1, 0.15) is 59.8 Å². The number of aromatic carboxylic acids is 1. The molecule has 1 fully saturated rings. The number of hydrogen-bond donors (Lipinski definition) is 1. The predicted molar refractivity (Wildman–Crippen MR) is 108 cm³/mol. The second kappa shape index (κ2) is 9.32. The molecule has 9 heteroatoms. The number of rotatable bonds is 9. The highest BCUT2D eigenvalue weighted by Crippen LogP contribution is 2.34. The van der Waals surface area contributed by atoms with Crippen molar-refractivity contribution >= 4 is 23.0 Å². The van der Waals surface area contributed by atoms with Crippen molar-refractivity contribution in [2.75, 3.05) is 6.61 Å². The molecule has 0 unspecified atom stereocenters. The Morgan fingerprint density at radius 1 is 1.45 bits per heavy atom. The van der Waals surface area contributed by atoms with Gasteiger partial charge in [0.15, 0.2) is 5.69 Å². The fourth-order valence-corrected chi connectivity index (χ4v) is 4.45. The molecule has 1 heterocycles. The van der Waals surface area contributed by atoms with Crippen molar-refractivity contribution in [2.24, 2.45) is 5.92 Å². The lowest BCUT2D eigenvalue weighted by Crippen LogP contribution is -2.16. The van der Waals surface area contributed by atoms with Crippen LogP contribution < -0.4 is 4.74 Å². The lowest BCUT2D eigenvalue weighted by Gasteiger charge is -2.19. The Hall–Kier alpha value is -2.52. The monoisotopic (exact) mass is 420 g/mol. The number of benzene rings is 1. The van der Waals surface area contributed by atoms with Gasteiger partial charge in [0, 0.05) is 17.0 Å². The second-order valence-electron chi connectivity index (χ2n) is 7.23. The first-order chi connectivity index (χ1) is 13.9. The van der Waals surface area contributed by atoms with Gasteiger partial charge in [0.25, 0.3) is 5.69 Å². The lowest BCUT2D eigenvalue weighted by atomic mass is 10.1. The molecule has 1 aromatic carbocycles. The minimum Gasteiger partial charge on any atom is -0.493 e. The van der Waals surface area contributed by atoms with Gasteiger partial charge in [-0.2, -0.15) is 0 Å². The highest BCUT2D eigenvalue weighted by Gasteiger charge is 2.29. The van der Waals surface area contributed by atoms with Crippen LogP contribution >= 0.6 is 11.3 Å². The van der Waals surface area contributed by atoms with E-state index in [9.17, 15) is 14.9 Å². The molecule has 1 aliphatic rings. The van der Waals surface area contributed by atoms with Gasteiger partial charge < -0.3 is 14.6 Å². The van der Waals surface area contributed by atoms with Gasteiger partial charge in [0.05, 0.1) is 17.6 Å². The molecule has 8 nitrogen and oxygen atoms in total. The molecule has 0 saturated heterocycles. The summed E-state index contributed by atoms with van der Waals surface area (Å²) < 4.78 is 12.1. The smallest absolute Gasteiger partial charge is 0.355 e. The van der Waals surface area contributed by atoms with Gasteiger partial charge >= 0.3 is 5.97 Å². The van der Waals surface area contributed by atoms with Crippen molar-refractivity contribution in [3.63, 3.8) is 0 Å². The van der Waals surface area contributed by atoms with Gasteiger partial charge in [-0.15, -0.1) is 11.3 Å². The summed E-state index contributed by atoms with van der Waals surface area (Å²) in [5.74, 6) is -0.0475. The molecule has 0 radical (unpaired) electrons. The van der Waals surface area contributed by atoms with Gasteiger partial charge in [-0.25, -0.2) is 9.78 Å². The van der Waals surface area contributed by atoms with E-state index in [1.165, 1.54) is 17.4 Å². The largest absolute Gasteiger partial charge is 0.493 e. The fraction of sp³-hybridized carbons (Fsp3) is 0.500. The molecule has 2 aromatic rings. The van der Waals surface area contributed by atoms with Crippen LogP contribution in [0, 0.1) is 23.0 Å². The zero-order valence-corrected chi connectivity index (χ0v) is 17.2. The van der Waals surface area contributed by atoms with E-state index in [-0.39, 0.29) is 23.6 Å². The maximum absolute atomic E-state index is 11.0. The summed E-state index contributed by atoms with van der Waals surface area (Å²) in [6.07, 6.45) is 3.37. The van der Waals surface area contributed by atoms with Crippen molar-refractivity contribution in [3.8, 4) is 5.75 Å². The van der Waals surface area contributed by atoms with Crippen LogP contribution in [0.15, 0.2) is 23.6 Å². The second-order valence-corrected chi connectivity index (χ2v) is 8.12. The average Bonchev–Trinajstić information content (AvgIpc) is 3.34. The van der Waals surface area contributed by atoms with E-state index in [2.05, 4.69) is 4.98 Å². The molecule has 1 aromatic heterocycles. The molecule has 0 amide bonds. The molecule has 0 aliphatic heterocycles. The number of nitro benzene ring substituents is 1. The van der Waals surface area contributed by atoms with Gasteiger partial charge in [-0.3, -0.25) is 10.1 Å². The van der Waals surface area contributed by atoms with Crippen LogP contribution in [-0.4, -0.2) is 33.7 Å². The van der Waals surface area contributed by atoms with E-state index in [0.717, 1.165) is 25.7 Å². The summed E-state index contributed by atoms with van der Waals surface area (Å²) in [6, 6.07) is 4.79. The fourth-order valence-electron chi connectivity index (χ4n) is 3.54. The van der Waals surface area contributed by atoms with Crippen LogP contribution in [0.25, 0.3) is 0 Å². The summed E-state index contributed by atoms with van der Waals surface area (Å²) >= 11 is 1.32. The van der Waals surface area contributed by atoms with Crippen molar-refractivity contribution in [2.45, 2.75) is 51.7 Å². The molecule has 0 bridgehead atoms. The van der Waals surface area contributed by atoms with E-state index in [1.807, 2.05) is 6.92 Å². The summed E-state index contributed by atoms with van der Waals surface area (Å²) in [5.41, 5.74) is 0.726. The van der Waals surface area contributed by atoms with Crippen LogP contribution in [0.3, 0.4) is 0 Å². The third-order valence-corrected chi connectivity index (χ3v) is 6.02. The van der Waals surface area contributed by atoms with E-state index < -0.39 is 10.9 Å². The Morgan fingerprint density at radius 2 is 2.24 bits per heavy atom. The quantitative estimate of drug-likeness (QED) is 0.459. The maximum Gasteiger partial charge on any atom is 0.355 e. The van der Waals surface area contributed by atoms with Gasteiger partial charge in [0.2, 0.25) is 0 Å². The number of carbonyl (C=O) groups is 1. The minimum absolute atomic E-state index is 0.0585. The van der Waals surface area contributed by atoms with Crippen LogP contribution in [0.4, 0.5) is 5.69 Å². The van der Waals surface area contributed by atoms with Crippen molar-refractivity contribution in [1.29, 1.82) is 0 Å². The summed E-state index contributed by atoms with van der Waals surface area (Å²) in [7, 11) is 0. The molecule has 1 N–H and O–H groups in total. The Balaban J connectivity index is 1.51. The first kappa shape index (κ1) is 21.2. The van der Waals surface area contributed by atoms with Gasteiger partial charge in [0.1, 0.15) is 16.9 Å². The number of nitrogens with zero attached hydrogens (tertiary/aromatic N) is 2. The molecule has 29 heavy (non-hydrogen) atoms. The summed E-state index contributed by atoms with van der Waals surface area (Å²) in [6.45, 7) is 4.23. The van der Waals surface area contributed by atoms with Crippen molar-refractivity contribution in [3.05, 3.63) is 50.0 Å². The molecule has 1 saturated carbocycles. The molecule has 1 aliphatic carbocycles. The molecular weight excluding hydrogens is 396 g/mol. The molecule has 156 valence electrons. The van der Waals surface area contributed by atoms with E-state index in [4.69, 9.17) is 14.6 Å². The number of nitro groups is 1. The average molecular weight is 420 g/mol. The standard InChI is InChI=1S/C20H24N2O6S/c1-3-18(19-21-16(11-29-19)20(23)24)28-15-5-4-13(9-15)10-27-14-6-7-17(22(25)26)12(2)8-14/h6-8,11,13,15,18H,3-5,9-10H2,1-2H3,(H,23,24)/t13-,15-,18+/m0/s1. The van der Waals surface area contributed by atoms with Crippen LogP contribution in [0.5, 0.6) is 5.75 Å². The lowest BCUT2D eigenvalue weighted by molar-refractivity contribution is -0.385. The van der Waals surface area contributed by atoms with E-state index >= 15 is 0 Å². The van der Waals surface area contributed by atoms with Crippen molar-refractivity contribution < 1.29 is 24.3 Å².